The molecule has 3 heteroatoms. The second kappa shape index (κ2) is 5.80. The first kappa shape index (κ1) is 11.3. The van der Waals surface area contributed by atoms with E-state index in [0.717, 1.165) is 11.3 Å². The summed E-state index contributed by atoms with van der Waals surface area (Å²) in [5, 5.41) is 0. The molecule has 2 rings (SSSR count). The predicted molar refractivity (Wildman–Crippen MR) is 65.6 cm³/mol. The molecule has 85 valence electrons. The van der Waals surface area contributed by atoms with Crippen LogP contribution in [0.1, 0.15) is 11.3 Å². The molecule has 17 heavy (non-hydrogen) atoms. The lowest BCUT2D eigenvalue weighted by molar-refractivity contribution is 0.364. The average Bonchev–Trinajstić information content (AvgIpc) is 2.40. The standard InChI is InChI=1S/C14H13N2O/c17-12-16(10-13-6-2-1-3-7-13)11-14-8-4-5-9-15-14/h1-9H,10-11H2. The van der Waals surface area contributed by atoms with Crippen LogP contribution in [0.2, 0.25) is 0 Å². The van der Waals surface area contributed by atoms with Crippen LogP contribution in [0.4, 0.5) is 0 Å². The third kappa shape index (κ3) is 3.41. The molecule has 1 radical (unpaired) electrons. The van der Waals surface area contributed by atoms with Crippen molar-refractivity contribution in [3.05, 3.63) is 66.0 Å². The fraction of sp³-hybridized carbons (Fsp3) is 0.143. The quantitative estimate of drug-likeness (QED) is 0.730. The highest BCUT2D eigenvalue weighted by atomic mass is 16.1. The van der Waals surface area contributed by atoms with E-state index in [0.29, 0.717) is 13.1 Å². The maximum Gasteiger partial charge on any atom is 0.312 e. The van der Waals surface area contributed by atoms with Gasteiger partial charge in [-0.05, 0) is 17.7 Å². The van der Waals surface area contributed by atoms with Crippen LogP contribution in [0.5, 0.6) is 0 Å². The summed E-state index contributed by atoms with van der Waals surface area (Å²) in [4.78, 5) is 16.7. The van der Waals surface area contributed by atoms with Gasteiger partial charge in [0.05, 0.1) is 12.2 Å². The molecule has 0 spiro atoms. The van der Waals surface area contributed by atoms with Crippen LogP contribution >= 0.6 is 0 Å². The van der Waals surface area contributed by atoms with E-state index >= 15 is 0 Å². The monoisotopic (exact) mass is 225 g/mol. The van der Waals surface area contributed by atoms with Crippen molar-refractivity contribution < 1.29 is 4.79 Å². The molecule has 1 amide bonds. The first-order chi connectivity index (χ1) is 8.38. The zero-order valence-corrected chi connectivity index (χ0v) is 9.41. The smallest absolute Gasteiger partial charge is 0.312 e. The molecule has 0 aliphatic carbocycles. The highest BCUT2D eigenvalue weighted by Crippen LogP contribution is 2.06. The van der Waals surface area contributed by atoms with Gasteiger partial charge in [0.15, 0.2) is 0 Å². The second-order valence-electron chi connectivity index (χ2n) is 3.75. The zero-order valence-electron chi connectivity index (χ0n) is 9.41. The van der Waals surface area contributed by atoms with Crippen LogP contribution in [0.15, 0.2) is 54.7 Å². The minimum atomic E-state index is 0.485. The van der Waals surface area contributed by atoms with Gasteiger partial charge < -0.3 is 4.90 Å². The summed E-state index contributed by atoms with van der Waals surface area (Å²) in [6, 6.07) is 15.5. The molecule has 0 aliphatic rings. The Bertz CT molecular complexity index is 415. The Morgan fingerprint density at radius 3 is 2.41 bits per heavy atom. The molecule has 0 saturated carbocycles. The first-order valence-corrected chi connectivity index (χ1v) is 5.45. The number of amides is 1. The van der Waals surface area contributed by atoms with Crippen LogP contribution in [0, 0.1) is 0 Å². The van der Waals surface area contributed by atoms with Gasteiger partial charge in [-0.1, -0.05) is 36.4 Å². The molecule has 1 heterocycles. The van der Waals surface area contributed by atoms with Crippen molar-refractivity contribution in [3.8, 4) is 0 Å². The lowest BCUT2D eigenvalue weighted by Gasteiger charge is -2.15. The number of hydrogen-bond donors (Lipinski definition) is 0. The number of hydrogen-bond acceptors (Lipinski definition) is 2. The molecule has 1 aromatic heterocycles. The zero-order chi connectivity index (χ0) is 11.9. The van der Waals surface area contributed by atoms with E-state index in [1.807, 2.05) is 54.9 Å². The Kier molecular flexibility index (Phi) is 3.86. The lowest BCUT2D eigenvalue weighted by Crippen LogP contribution is -2.21. The van der Waals surface area contributed by atoms with Crippen molar-refractivity contribution in [3.63, 3.8) is 0 Å². The van der Waals surface area contributed by atoms with Crippen LogP contribution in [0.3, 0.4) is 0 Å². The number of benzene rings is 1. The third-order valence-corrected chi connectivity index (χ3v) is 2.42. The van der Waals surface area contributed by atoms with E-state index < -0.39 is 0 Å². The molecule has 1 aromatic carbocycles. The Hall–Kier alpha value is -2.16. The molecule has 0 bridgehead atoms. The molecule has 0 atom stereocenters. The Morgan fingerprint density at radius 1 is 1.00 bits per heavy atom. The molecule has 0 saturated heterocycles. The Balaban J connectivity index is 2.01. The second-order valence-corrected chi connectivity index (χ2v) is 3.75. The molecular weight excluding hydrogens is 212 g/mol. The topological polar surface area (TPSA) is 33.2 Å². The summed E-state index contributed by atoms with van der Waals surface area (Å²) < 4.78 is 0. The van der Waals surface area contributed by atoms with Gasteiger partial charge in [-0.3, -0.25) is 9.78 Å². The van der Waals surface area contributed by atoms with Gasteiger partial charge in [0.2, 0.25) is 0 Å². The van der Waals surface area contributed by atoms with Crippen LogP contribution in [0.25, 0.3) is 0 Å². The highest BCUT2D eigenvalue weighted by molar-refractivity contribution is 5.48. The predicted octanol–water partition coefficient (Wildman–Crippen LogP) is 2.15. The lowest BCUT2D eigenvalue weighted by atomic mass is 10.2. The van der Waals surface area contributed by atoms with Gasteiger partial charge >= 0.3 is 6.41 Å². The number of rotatable bonds is 5. The van der Waals surface area contributed by atoms with Crippen molar-refractivity contribution in [2.45, 2.75) is 13.1 Å². The van der Waals surface area contributed by atoms with E-state index in [-0.39, 0.29) is 0 Å². The normalized spacial score (nSPS) is 9.88. The van der Waals surface area contributed by atoms with Crippen LogP contribution in [-0.4, -0.2) is 16.3 Å². The minimum absolute atomic E-state index is 0.485. The number of carbonyl (C=O) groups excluding carboxylic acids is 1. The van der Waals surface area contributed by atoms with Crippen molar-refractivity contribution in [2.24, 2.45) is 0 Å². The minimum Gasteiger partial charge on any atom is -0.324 e. The first-order valence-electron chi connectivity index (χ1n) is 5.45. The molecule has 0 fully saturated rings. The third-order valence-electron chi connectivity index (χ3n) is 2.42. The van der Waals surface area contributed by atoms with Gasteiger partial charge in [0.1, 0.15) is 0 Å². The van der Waals surface area contributed by atoms with Gasteiger partial charge in [0.25, 0.3) is 0 Å². The van der Waals surface area contributed by atoms with Crippen LogP contribution < -0.4 is 0 Å². The van der Waals surface area contributed by atoms with Gasteiger partial charge in [-0.25, -0.2) is 0 Å². The largest absolute Gasteiger partial charge is 0.324 e. The Morgan fingerprint density at radius 2 is 1.76 bits per heavy atom. The number of pyridine rings is 1. The van der Waals surface area contributed by atoms with Gasteiger partial charge in [-0.2, -0.15) is 0 Å². The van der Waals surface area contributed by atoms with Crippen molar-refractivity contribution in [1.82, 2.24) is 9.88 Å². The highest BCUT2D eigenvalue weighted by Gasteiger charge is 2.05. The maximum absolute atomic E-state index is 10.9. The van der Waals surface area contributed by atoms with Gasteiger partial charge in [0, 0.05) is 12.7 Å². The van der Waals surface area contributed by atoms with Crippen molar-refractivity contribution >= 4 is 6.41 Å². The summed E-state index contributed by atoms with van der Waals surface area (Å²) in [7, 11) is 0. The van der Waals surface area contributed by atoms with Crippen molar-refractivity contribution in [1.29, 1.82) is 0 Å². The van der Waals surface area contributed by atoms with E-state index in [1.165, 1.54) is 0 Å². The van der Waals surface area contributed by atoms with E-state index in [4.69, 9.17) is 0 Å². The molecule has 0 aliphatic heterocycles. The van der Waals surface area contributed by atoms with E-state index in [9.17, 15) is 4.79 Å². The summed E-state index contributed by atoms with van der Waals surface area (Å²) in [5.41, 5.74) is 1.96. The summed E-state index contributed by atoms with van der Waals surface area (Å²) in [6.07, 6.45) is 3.67. The van der Waals surface area contributed by atoms with E-state index in [1.54, 1.807) is 11.1 Å². The fourth-order valence-electron chi connectivity index (χ4n) is 1.61. The molecule has 3 nitrogen and oxygen atoms in total. The SMILES string of the molecule is O=[C]N(Cc1ccccc1)Cc1ccccn1. The summed E-state index contributed by atoms with van der Waals surface area (Å²) in [6.45, 7) is 1.04. The Labute approximate surface area is 101 Å². The summed E-state index contributed by atoms with van der Waals surface area (Å²) >= 11 is 0. The molecule has 2 aromatic rings. The van der Waals surface area contributed by atoms with E-state index in [2.05, 4.69) is 4.98 Å². The van der Waals surface area contributed by atoms with Crippen LogP contribution in [-0.2, 0) is 17.9 Å². The average molecular weight is 225 g/mol. The number of nitrogens with zero attached hydrogens (tertiary/aromatic N) is 2. The summed E-state index contributed by atoms with van der Waals surface area (Å²) in [5.74, 6) is 0. The molecule has 0 unspecified atom stereocenters. The molecule has 0 N–H and O–H groups in total. The number of aromatic nitrogens is 1. The maximum atomic E-state index is 10.9. The fourth-order valence-corrected chi connectivity index (χ4v) is 1.61. The van der Waals surface area contributed by atoms with Gasteiger partial charge in [-0.15, -0.1) is 0 Å². The van der Waals surface area contributed by atoms with Crippen molar-refractivity contribution in [2.75, 3.05) is 0 Å². The molecular formula is C14H13N2O.